The first kappa shape index (κ1) is 13.1. The summed E-state index contributed by atoms with van der Waals surface area (Å²) in [4.78, 5) is 8.09. The standard InChI is InChI=1S/C15H23N3/c1-14(2,3)13-17-11-8-7-10(9-12(11)18-13)15(4,5)16-6/h7-9,16H,1-6H3,(H,17,18). The number of nitrogens with one attached hydrogen (secondary N) is 2. The van der Waals surface area contributed by atoms with Crippen LogP contribution in [0.3, 0.4) is 0 Å². The second-order valence-electron chi connectivity index (χ2n) is 6.44. The van der Waals surface area contributed by atoms with Gasteiger partial charge in [0.05, 0.1) is 11.0 Å². The van der Waals surface area contributed by atoms with E-state index in [0.717, 1.165) is 16.9 Å². The molecule has 1 aromatic heterocycles. The minimum Gasteiger partial charge on any atom is -0.342 e. The van der Waals surface area contributed by atoms with Crippen LogP contribution in [0.2, 0.25) is 0 Å². The van der Waals surface area contributed by atoms with E-state index in [2.05, 4.69) is 68.1 Å². The van der Waals surface area contributed by atoms with Crippen LogP contribution in [0.25, 0.3) is 11.0 Å². The number of benzene rings is 1. The predicted molar refractivity (Wildman–Crippen MR) is 76.9 cm³/mol. The maximum Gasteiger partial charge on any atom is 0.112 e. The molecular formula is C15H23N3. The number of nitrogens with zero attached hydrogens (tertiary/aromatic N) is 1. The van der Waals surface area contributed by atoms with Gasteiger partial charge in [-0.15, -0.1) is 0 Å². The molecule has 0 aliphatic carbocycles. The van der Waals surface area contributed by atoms with Crippen molar-refractivity contribution in [1.29, 1.82) is 0 Å². The smallest absolute Gasteiger partial charge is 0.112 e. The number of fused-ring (bicyclic) bond motifs is 1. The first-order chi connectivity index (χ1) is 8.24. The Bertz CT molecular complexity index is 559. The molecule has 0 bridgehead atoms. The number of aromatic amines is 1. The average molecular weight is 245 g/mol. The Morgan fingerprint density at radius 3 is 2.33 bits per heavy atom. The third kappa shape index (κ3) is 2.27. The minimum absolute atomic E-state index is 0.0266. The molecule has 98 valence electrons. The van der Waals surface area contributed by atoms with Gasteiger partial charge in [-0.3, -0.25) is 0 Å². The monoisotopic (exact) mass is 245 g/mol. The lowest BCUT2D eigenvalue weighted by atomic mass is 9.94. The molecule has 0 atom stereocenters. The van der Waals surface area contributed by atoms with Crippen LogP contribution in [0.4, 0.5) is 0 Å². The quantitative estimate of drug-likeness (QED) is 0.852. The molecule has 0 aliphatic heterocycles. The number of rotatable bonds is 2. The van der Waals surface area contributed by atoms with Crippen molar-refractivity contribution in [2.24, 2.45) is 0 Å². The van der Waals surface area contributed by atoms with Crippen molar-refractivity contribution in [2.75, 3.05) is 7.05 Å². The van der Waals surface area contributed by atoms with Crippen LogP contribution < -0.4 is 5.32 Å². The fourth-order valence-electron chi connectivity index (χ4n) is 1.90. The predicted octanol–water partition coefficient (Wildman–Crippen LogP) is 3.31. The molecule has 0 spiro atoms. The topological polar surface area (TPSA) is 40.7 Å². The van der Waals surface area contributed by atoms with Gasteiger partial charge >= 0.3 is 0 Å². The number of hydrogen-bond donors (Lipinski definition) is 2. The van der Waals surface area contributed by atoms with E-state index in [1.165, 1.54) is 5.56 Å². The summed E-state index contributed by atoms with van der Waals surface area (Å²) in [6.45, 7) is 10.9. The zero-order valence-corrected chi connectivity index (χ0v) is 12.2. The molecule has 0 fully saturated rings. The Morgan fingerprint density at radius 2 is 1.78 bits per heavy atom. The van der Waals surface area contributed by atoms with Crippen LogP contribution in [-0.2, 0) is 11.0 Å². The third-order valence-corrected chi connectivity index (χ3v) is 3.54. The fraction of sp³-hybridized carbons (Fsp3) is 0.533. The molecule has 1 aromatic carbocycles. The molecule has 2 rings (SSSR count). The molecule has 0 saturated carbocycles. The molecule has 0 aliphatic rings. The van der Waals surface area contributed by atoms with E-state index in [1.807, 2.05) is 7.05 Å². The first-order valence-corrected chi connectivity index (χ1v) is 6.44. The lowest BCUT2D eigenvalue weighted by Gasteiger charge is -2.24. The number of hydrogen-bond acceptors (Lipinski definition) is 2. The lowest BCUT2D eigenvalue weighted by molar-refractivity contribution is 0.445. The highest BCUT2D eigenvalue weighted by Crippen LogP contribution is 2.26. The molecule has 0 saturated heterocycles. The molecule has 0 unspecified atom stereocenters. The van der Waals surface area contributed by atoms with Crippen LogP contribution in [0.1, 0.15) is 46.0 Å². The van der Waals surface area contributed by atoms with Crippen molar-refractivity contribution in [1.82, 2.24) is 15.3 Å². The molecule has 0 amide bonds. The van der Waals surface area contributed by atoms with Crippen LogP contribution in [0.15, 0.2) is 18.2 Å². The summed E-state index contributed by atoms with van der Waals surface area (Å²) in [5.74, 6) is 1.04. The van der Waals surface area contributed by atoms with Crippen LogP contribution in [0.5, 0.6) is 0 Å². The molecule has 2 aromatic rings. The van der Waals surface area contributed by atoms with E-state index in [9.17, 15) is 0 Å². The third-order valence-electron chi connectivity index (χ3n) is 3.54. The summed E-state index contributed by atoms with van der Waals surface area (Å²) in [5, 5.41) is 3.33. The van der Waals surface area contributed by atoms with Crippen molar-refractivity contribution in [3.8, 4) is 0 Å². The number of aromatic nitrogens is 2. The van der Waals surface area contributed by atoms with Gasteiger partial charge in [-0.05, 0) is 38.6 Å². The van der Waals surface area contributed by atoms with Crippen LogP contribution in [-0.4, -0.2) is 17.0 Å². The Hall–Kier alpha value is -1.35. The van der Waals surface area contributed by atoms with Crippen molar-refractivity contribution in [3.63, 3.8) is 0 Å². The number of imidazole rings is 1. The zero-order valence-electron chi connectivity index (χ0n) is 12.2. The lowest BCUT2D eigenvalue weighted by Crippen LogP contribution is -2.32. The summed E-state index contributed by atoms with van der Waals surface area (Å²) in [6.07, 6.45) is 0. The van der Waals surface area contributed by atoms with Crippen LogP contribution >= 0.6 is 0 Å². The van der Waals surface area contributed by atoms with Gasteiger partial charge in [0, 0.05) is 11.0 Å². The molecule has 0 radical (unpaired) electrons. The van der Waals surface area contributed by atoms with Crippen LogP contribution in [0, 0.1) is 0 Å². The highest BCUT2D eigenvalue weighted by atomic mass is 14.9. The van der Waals surface area contributed by atoms with E-state index in [-0.39, 0.29) is 11.0 Å². The van der Waals surface area contributed by atoms with Gasteiger partial charge in [0.25, 0.3) is 0 Å². The maximum absolute atomic E-state index is 4.66. The zero-order chi connectivity index (χ0) is 13.6. The average Bonchev–Trinajstić information content (AvgIpc) is 2.71. The van der Waals surface area contributed by atoms with Crippen molar-refractivity contribution >= 4 is 11.0 Å². The van der Waals surface area contributed by atoms with E-state index in [4.69, 9.17) is 0 Å². The largest absolute Gasteiger partial charge is 0.342 e. The summed E-state index contributed by atoms with van der Waals surface area (Å²) in [7, 11) is 1.98. The molecule has 3 heteroatoms. The second-order valence-corrected chi connectivity index (χ2v) is 6.44. The highest BCUT2D eigenvalue weighted by Gasteiger charge is 2.21. The van der Waals surface area contributed by atoms with Gasteiger partial charge in [0.15, 0.2) is 0 Å². The SMILES string of the molecule is CNC(C)(C)c1ccc2nc(C(C)(C)C)[nH]c2c1. The molecule has 3 nitrogen and oxygen atoms in total. The van der Waals surface area contributed by atoms with Crippen molar-refractivity contribution in [2.45, 2.75) is 45.6 Å². The van der Waals surface area contributed by atoms with Gasteiger partial charge in [-0.1, -0.05) is 26.8 Å². The molecular weight excluding hydrogens is 222 g/mol. The summed E-state index contributed by atoms with van der Waals surface area (Å²) < 4.78 is 0. The second kappa shape index (κ2) is 4.09. The Labute approximate surface area is 109 Å². The summed E-state index contributed by atoms with van der Waals surface area (Å²) >= 11 is 0. The van der Waals surface area contributed by atoms with E-state index in [1.54, 1.807) is 0 Å². The Balaban J connectivity index is 2.53. The van der Waals surface area contributed by atoms with Gasteiger partial charge in [-0.2, -0.15) is 0 Å². The van der Waals surface area contributed by atoms with Crippen molar-refractivity contribution in [3.05, 3.63) is 29.6 Å². The molecule has 2 N–H and O–H groups in total. The van der Waals surface area contributed by atoms with Crippen molar-refractivity contribution < 1.29 is 0 Å². The molecule has 18 heavy (non-hydrogen) atoms. The maximum atomic E-state index is 4.66. The normalized spacial score (nSPS) is 13.2. The van der Waals surface area contributed by atoms with E-state index >= 15 is 0 Å². The highest BCUT2D eigenvalue weighted by molar-refractivity contribution is 5.76. The summed E-state index contributed by atoms with van der Waals surface area (Å²) in [5.41, 5.74) is 3.44. The first-order valence-electron chi connectivity index (χ1n) is 6.44. The van der Waals surface area contributed by atoms with E-state index in [0.29, 0.717) is 0 Å². The number of H-pyrrole nitrogens is 1. The minimum atomic E-state index is -0.0266. The van der Waals surface area contributed by atoms with Gasteiger partial charge in [-0.25, -0.2) is 4.98 Å². The summed E-state index contributed by atoms with van der Waals surface area (Å²) in [6, 6.07) is 6.43. The van der Waals surface area contributed by atoms with E-state index < -0.39 is 0 Å². The van der Waals surface area contributed by atoms with Gasteiger partial charge < -0.3 is 10.3 Å². The van der Waals surface area contributed by atoms with Gasteiger partial charge in [0.2, 0.25) is 0 Å². The van der Waals surface area contributed by atoms with Gasteiger partial charge in [0.1, 0.15) is 5.82 Å². The Kier molecular flexibility index (Phi) is 2.98. The Morgan fingerprint density at radius 1 is 1.11 bits per heavy atom. The fourth-order valence-corrected chi connectivity index (χ4v) is 1.90. The molecule has 1 heterocycles.